The molecule has 144 valence electrons. The highest BCUT2D eigenvalue weighted by Gasteiger charge is 2.12. The van der Waals surface area contributed by atoms with Crippen LogP contribution >= 0.6 is 0 Å². The van der Waals surface area contributed by atoms with Crippen molar-refractivity contribution in [3.63, 3.8) is 0 Å². The number of nitrogens with one attached hydrogen (secondary N) is 1. The molecule has 1 aliphatic heterocycles. The van der Waals surface area contributed by atoms with Gasteiger partial charge in [0, 0.05) is 23.6 Å². The summed E-state index contributed by atoms with van der Waals surface area (Å²) < 4.78 is 5.97. The molecule has 4 rings (SSSR count). The SMILES string of the molecule is O=C(/C=C/c1cccc2[nH]ccc12)c1ccccc1OCCN1CCCCC1. The number of fused-ring (bicyclic) bond motifs is 1. The van der Waals surface area contributed by atoms with Crippen LogP contribution in [0.25, 0.3) is 17.0 Å². The molecule has 0 atom stereocenters. The zero-order valence-corrected chi connectivity index (χ0v) is 16.1. The Labute approximate surface area is 165 Å². The third kappa shape index (κ3) is 4.34. The Morgan fingerprint density at radius 3 is 2.79 bits per heavy atom. The Balaban J connectivity index is 1.43. The van der Waals surface area contributed by atoms with Gasteiger partial charge in [0.25, 0.3) is 0 Å². The molecule has 2 heterocycles. The summed E-state index contributed by atoms with van der Waals surface area (Å²) >= 11 is 0. The number of H-pyrrole nitrogens is 1. The molecule has 4 nitrogen and oxygen atoms in total. The van der Waals surface area contributed by atoms with Crippen LogP contribution in [0.4, 0.5) is 0 Å². The summed E-state index contributed by atoms with van der Waals surface area (Å²) in [5.74, 6) is 0.620. The van der Waals surface area contributed by atoms with Gasteiger partial charge in [0.05, 0.1) is 5.56 Å². The molecule has 1 aromatic heterocycles. The fourth-order valence-corrected chi connectivity index (χ4v) is 3.77. The predicted molar refractivity (Wildman–Crippen MR) is 114 cm³/mol. The molecule has 28 heavy (non-hydrogen) atoms. The van der Waals surface area contributed by atoms with Gasteiger partial charge in [0.2, 0.25) is 0 Å². The normalized spacial score (nSPS) is 15.3. The van der Waals surface area contributed by atoms with Crippen molar-refractivity contribution in [3.8, 4) is 5.75 Å². The maximum atomic E-state index is 12.8. The van der Waals surface area contributed by atoms with Gasteiger partial charge in [0.1, 0.15) is 12.4 Å². The number of para-hydroxylation sites is 1. The van der Waals surface area contributed by atoms with E-state index in [1.807, 2.05) is 60.8 Å². The van der Waals surface area contributed by atoms with Gasteiger partial charge < -0.3 is 9.72 Å². The van der Waals surface area contributed by atoms with Crippen LogP contribution in [0, 0.1) is 0 Å². The number of aromatic amines is 1. The van der Waals surface area contributed by atoms with Gasteiger partial charge in [0.15, 0.2) is 5.78 Å². The van der Waals surface area contributed by atoms with Crippen molar-refractivity contribution in [2.45, 2.75) is 19.3 Å². The Hall–Kier alpha value is -2.85. The molecular weight excluding hydrogens is 348 g/mol. The molecule has 1 saturated heterocycles. The molecule has 4 heteroatoms. The lowest BCUT2D eigenvalue weighted by atomic mass is 10.1. The zero-order chi connectivity index (χ0) is 19.2. The average molecular weight is 374 g/mol. The second kappa shape index (κ2) is 8.89. The lowest BCUT2D eigenvalue weighted by molar-refractivity contribution is 0.104. The fourth-order valence-electron chi connectivity index (χ4n) is 3.77. The first-order valence-electron chi connectivity index (χ1n) is 10.0. The predicted octanol–water partition coefficient (Wildman–Crippen LogP) is 4.93. The van der Waals surface area contributed by atoms with E-state index in [0.29, 0.717) is 17.9 Å². The van der Waals surface area contributed by atoms with Crippen molar-refractivity contribution >= 4 is 22.8 Å². The van der Waals surface area contributed by atoms with Gasteiger partial charge >= 0.3 is 0 Å². The summed E-state index contributed by atoms with van der Waals surface area (Å²) in [6.07, 6.45) is 9.30. The molecule has 0 saturated carbocycles. The summed E-state index contributed by atoms with van der Waals surface area (Å²) in [6, 6.07) is 15.6. The Morgan fingerprint density at radius 2 is 1.89 bits per heavy atom. The number of rotatable bonds is 7. The lowest BCUT2D eigenvalue weighted by Gasteiger charge is -2.26. The number of allylic oxidation sites excluding steroid dienone is 1. The van der Waals surface area contributed by atoms with E-state index in [9.17, 15) is 4.79 Å². The van der Waals surface area contributed by atoms with Crippen LogP contribution in [0.5, 0.6) is 5.75 Å². The number of carbonyl (C=O) groups excluding carboxylic acids is 1. The number of hydrogen-bond acceptors (Lipinski definition) is 3. The molecule has 1 fully saturated rings. The summed E-state index contributed by atoms with van der Waals surface area (Å²) in [6.45, 7) is 3.82. The first kappa shape index (κ1) is 18.5. The largest absolute Gasteiger partial charge is 0.491 e. The summed E-state index contributed by atoms with van der Waals surface area (Å²) in [5, 5.41) is 1.11. The van der Waals surface area contributed by atoms with E-state index in [-0.39, 0.29) is 5.78 Å². The van der Waals surface area contributed by atoms with E-state index in [0.717, 1.165) is 36.1 Å². The van der Waals surface area contributed by atoms with Crippen LogP contribution < -0.4 is 4.74 Å². The van der Waals surface area contributed by atoms with E-state index in [1.54, 1.807) is 6.08 Å². The van der Waals surface area contributed by atoms with Gasteiger partial charge in [-0.1, -0.05) is 36.8 Å². The molecule has 0 amide bonds. The van der Waals surface area contributed by atoms with Crippen molar-refractivity contribution in [1.82, 2.24) is 9.88 Å². The van der Waals surface area contributed by atoms with E-state index in [4.69, 9.17) is 4.74 Å². The molecule has 1 N–H and O–H groups in total. The number of likely N-dealkylation sites (tertiary alicyclic amines) is 1. The van der Waals surface area contributed by atoms with Crippen molar-refractivity contribution in [1.29, 1.82) is 0 Å². The number of nitrogens with zero attached hydrogens (tertiary/aromatic N) is 1. The highest BCUT2D eigenvalue weighted by molar-refractivity contribution is 6.09. The number of aromatic nitrogens is 1. The van der Waals surface area contributed by atoms with Crippen LogP contribution in [0.1, 0.15) is 35.2 Å². The minimum absolute atomic E-state index is 0.0406. The second-order valence-corrected chi connectivity index (χ2v) is 7.23. The van der Waals surface area contributed by atoms with Gasteiger partial charge in [-0.3, -0.25) is 9.69 Å². The first-order valence-corrected chi connectivity index (χ1v) is 10.0. The van der Waals surface area contributed by atoms with Gasteiger partial charge in [-0.2, -0.15) is 0 Å². The molecule has 0 radical (unpaired) electrons. The summed E-state index contributed by atoms with van der Waals surface area (Å²) in [5.41, 5.74) is 2.70. The van der Waals surface area contributed by atoms with Crippen LogP contribution in [0.15, 0.2) is 60.8 Å². The van der Waals surface area contributed by atoms with Crippen molar-refractivity contribution in [2.24, 2.45) is 0 Å². The second-order valence-electron chi connectivity index (χ2n) is 7.23. The van der Waals surface area contributed by atoms with Crippen LogP contribution in [0.3, 0.4) is 0 Å². The molecule has 0 aliphatic carbocycles. The van der Waals surface area contributed by atoms with Crippen LogP contribution in [-0.4, -0.2) is 41.9 Å². The molecular formula is C24H26N2O2. The lowest BCUT2D eigenvalue weighted by Crippen LogP contribution is -2.33. The van der Waals surface area contributed by atoms with Gasteiger partial charge in [-0.05, 0) is 61.8 Å². The van der Waals surface area contributed by atoms with Crippen molar-refractivity contribution in [3.05, 3.63) is 71.9 Å². The molecule has 2 aromatic carbocycles. The average Bonchev–Trinajstić information content (AvgIpc) is 3.23. The molecule has 0 spiro atoms. The Kier molecular flexibility index (Phi) is 5.88. The molecule has 0 unspecified atom stereocenters. The topological polar surface area (TPSA) is 45.3 Å². The number of ether oxygens (including phenoxy) is 1. The van der Waals surface area contributed by atoms with Crippen LogP contribution in [0.2, 0.25) is 0 Å². The maximum Gasteiger partial charge on any atom is 0.189 e. The standard InChI is InChI=1S/C24H26N2O2/c27-23(12-11-19-7-6-9-22-20(19)13-14-25-22)21-8-2-3-10-24(21)28-18-17-26-15-4-1-5-16-26/h2-3,6-14,25H,1,4-5,15-18H2/b12-11+. The number of piperidine rings is 1. The Morgan fingerprint density at radius 1 is 1.04 bits per heavy atom. The summed E-state index contributed by atoms with van der Waals surface area (Å²) in [7, 11) is 0. The molecule has 3 aromatic rings. The number of carbonyl (C=O) groups is 1. The third-order valence-corrected chi connectivity index (χ3v) is 5.31. The van der Waals surface area contributed by atoms with Gasteiger partial charge in [-0.25, -0.2) is 0 Å². The van der Waals surface area contributed by atoms with Crippen molar-refractivity contribution < 1.29 is 9.53 Å². The van der Waals surface area contributed by atoms with E-state index < -0.39 is 0 Å². The van der Waals surface area contributed by atoms with E-state index in [1.165, 1.54) is 19.3 Å². The molecule has 0 bridgehead atoms. The first-order chi connectivity index (χ1) is 13.8. The monoisotopic (exact) mass is 374 g/mol. The number of benzene rings is 2. The summed E-state index contributed by atoms with van der Waals surface area (Å²) in [4.78, 5) is 18.4. The smallest absolute Gasteiger partial charge is 0.189 e. The minimum Gasteiger partial charge on any atom is -0.491 e. The van der Waals surface area contributed by atoms with Crippen LogP contribution in [-0.2, 0) is 0 Å². The van der Waals surface area contributed by atoms with E-state index >= 15 is 0 Å². The quantitative estimate of drug-likeness (QED) is 0.471. The molecule has 1 aliphatic rings. The maximum absolute atomic E-state index is 12.8. The van der Waals surface area contributed by atoms with Gasteiger partial charge in [-0.15, -0.1) is 0 Å². The zero-order valence-electron chi connectivity index (χ0n) is 16.1. The number of hydrogen-bond donors (Lipinski definition) is 1. The van der Waals surface area contributed by atoms with Crippen molar-refractivity contribution in [2.75, 3.05) is 26.2 Å². The highest BCUT2D eigenvalue weighted by atomic mass is 16.5. The highest BCUT2D eigenvalue weighted by Crippen LogP contribution is 2.22. The minimum atomic E-state index is -0.0406. The number of ketones is 1. The fraction of sp³-hybridized carbons (Fsp3) is 0.292. The third-order valence-electron chi connectivity index (χ3n) is 5.31. The Bertz CT molecular complexity index is 967. The van der Waals surface area contributed by atoms with E-state index in [2.05, 4.69) is 9.88 Å².